The van der Waals surface area contributed by atoms with Gasteiger partial charge in [-0.05, 0) is 23.8 Å². The summed E-state index contributed by atoms with van der Waals surface area (Å²) in [4.78, 5) is 13.1. The molecule has 21 heavy (non-hydrogen) atoms. The Morgan fingerprint density at radius 2 is 1.90 bits per heavy atom. The zero-order valence-corrected chi connectivity index (χ0v) is 11.8. The number of rotatable bonds is 5. The molecule has 5 heteroatoms. The van der Waals surface area contributed by atoms with Crippen LogP contribution in [0.25, 0.3) is 11.0 Å². The van der Waals surface area contributed by atoms with Gasteiger partial charge in [0.05, 0.1) is 30.0 Å². The van der Waals surface area contributed by atoms with Gasteiger partial charge in [0, 0.05) is 25.4 Å². The van der Waals surface area contributed by atoms with Crippen molar-refractivity contribution in [1.29, 1.82) is 0 Å². The zero-order chi connectivity index (χ0) is 14.5. The maximum atomic E-state index is 5.11. The second-order valence-corrected chi connectivity index (χ2v) is 4.66. The number of benzene rings is 1. The first-order valence-electron chi connectivity index (χ1n) is 6.75. The quantitative estimate of drug-likeness (QED) is 0.777. The summed E-state index contributed by atoms with van der Waals surface area (Å²) < 4.78 is 5.11. The lowest BCUT2D eigenvalue weighted by Gasteiger charge is -2.06. The van der Waals surface area contributed by atoms with Gasteiger partial charge in [-0.3, -0.25) is 4.98 Å². The molecule has 0 radical (unpaired) electrons. The van der Waals surface area contributed by atoms with Crippen molar-refractivity contribution in [3.05, 3.63) is 60.0 Å². The summed E-state index contributed by atoms with van der Waals surface area (Å²) in [7, 11) is 1.62. The van der Waals surface area contributed by atoms with Crippen LogP contribution in [0.15, 0.2) is 48.8 Å². The molecule has 0 spiro atoms. The first kappa shape index (κ1) is 13.5. The number of hydrogen-bond donors (Lipinski definition) is 1. The molecule has 3 aromatic rings. The van der Waals surface area contributed by atoms with Gasteiger partial charge in [0.2, 0.25) is 5.88 Å². The molecule has 5 nitrogen and oxygen atoms in total. The smallest absolute Gasteiger partial charge is 0.213 e. The van der Waals surface area contributed by atoms with E-state index in [0.29, 0.717) is 12.4 Å². The van der Waals surface area contributed by atoms with E-state index in [0.717, 1.165) is 28.8 Å². The predicted molar refractivity (Wildman–Crippen MR) is 80.9 cm³/mol. The van der Waals surface area contributed by atoms with E-state index in [9.17, 15) is 0 Å². The number of para-hydroxylation sites is 2. The number of fused-ring (bicyclic) bond motifs is 1. The summed E-state index contributed by atoms with van der Waals surface area (Å²) >= 11 is 0. The van der Waals surface area contributed by atoms with Crippen LogP contribution in [0, 0.1) is 0 Å². The second-order valence-electron chi connectivity index (χ2n) is 4.66. The molecule has 0 unspecified atom stereocenters. The normalized spacial score (nSPS) is 10.7. The predicted octanol–water partition coefficient (Wildman–Crippen LogP) is 2.32. The average Bonchev–Trinajstić information content (AvgIpc) is 2.55. The molecule has 0 amide bonds. The van der Waals surface area contributed by atoms with Crippen molar-refractivity contribution in [3.63, 3.8) is 0 Å². The molecule has 2 heterocycles. The number of methoxy groups -OCH3 is 1. The molecule has 0 saturated heterocycles. The van der Waals surface area contributed by atoms with Crippen LogP contribution in [-0.4, -0.2) is 22.1 Å². The molecule has 1 N–H and O–H groups in total. The fourth-order valence-electron chi connectivity index (χ4n) is 2.09. The molecule has 1 aromatic carbocycles. The Morgan fingerprint density at radius 3 is 2.76 bits per heavy atom. The van der Waals surface area contributed by atoms with E-state index in [2.05, 4.69) is 20.3 Å². The number of nitrogens with zero attached hydrogens (tertiary/aromatic N) is 3. The fraction of sp³-hybridized carbons (Fsp3) is 0.188. The van der Waals surface area contributed by atoms with Crippen LogP contribution in [-0.2, 0) is 13.1 Å². The third kappa shape index (κ3) is 3.32. The van der Waals surface area contributed by atoms with Gasteiger partial charge in [0.1, 0.15) is 0 Å². The van der Waals surface area contributed by atoms with Crippen LogP contribution < -0.4 is 10.1 Å². The van der Waals surface area contributed by atoms with E-state index in [1.54, 1.807) is 13.3 Å². The third-order valence-electron chi connectivity index (χ3n) is 3.14. The highest BCUT2D eigenvalue weighted by Crippen LogP contribution is 2.10. The number of hydrogen-bond acceptors (Lipinski definition) is 5. The Kier molecular flexibility index (Phi) is 4.02. The topological polar surface area (TPSA) is 59.9 Å². The maximum Gasteiger partial charge on any atom is 0.213 e. The summed E-state index contributed by atoms with van der Waals surface area (Å²) in [5.74, 6) is 0.625. The Labute approximate surface area is 123 Å². The van der Waals surface area contributed by atoms with Gasteiger partial charge >= 0.3 is 0 Å². The monoisotopic (exact) mass is 280 g/mol. The van der Waals surface area contributed by atoms with Crippen molar-refractivity contribution < 1.29 is 4.74 Å². The molecule has 2 aromatic heterocycles. The molecule has 0 saturated carbocycles. The molecular weight excluding hydrogens is 264 g/mol. The van der Waals surface area contributed by atoms with E-state index in [1.165, 1.54) is 0 Å². The highest BCUT2D eigenvalue weighted by Gasteiger charge is 2.00. The van der Waals surface area contributed by atoms with Gasteiger partial charge in [0.25, 0.3) is 0 Å². The van der Waals surface area contributed by atoms with Gasteiger partial charge in [-0.2, -0.15) is 0 Å². The molecule has 0 aliphatic rings. The molecular formula is C16H16N4O. The van der Waals surface area contributed by atoms with E-state index < -0.39 is 0 Å². The van der Waals surface area contributed by atoms with Crippen molar-refractivity contribution in [3.8, 4) is 5.88 Å². The molecule has 0 atom stereocenters. The first-order chi connectivity index (χ1) is 10.3. The van der Waals surface area contributed by atoms with Crippen LogP contribution >= 0.6 is 0 Å². The Hall–Kier alpha value is -2.53. The minimum atomic E-state index is 0.625. The van der Waals surface area contributed by atoms with E-state index in [-0.39, 0.29) is 0 Å². The van der Waals surface area contributed by atoms with Crippen LogP contribution in [0.5, 0.6) is 5.88 Å². The van der Waals surface area contributed by atoms with Crippen molar-refractivity contribution in [1.82, 2.24) is 20.3 Å². The third-order valence-corrected chi connectivity index (χ3v) is 3.14. The van der Waals surface area contributed by atoms with Gasteiger partial charge < -0.3 is 10.1 Å². The minimum absolute atomic E-state index is 0.625. The van der Waals surface area contributed by atoms with Gasteiger partial charge in [-0.1, -0.05) is 12.1 Å². The fourth-order valence-corrected chi connectivity index (χ4v) is 2.09. The Morgan fingerprint density at radius 1 is 1.05 bits per heavy atom. The highest BCUT2D eigenvalue weighted by atomic mass is 16.5. The second kappa shape index (κ2) is 6.28. The van der Waals surface area contributed by atoms with Crippen LogP contribution in [0.4, 0.5) is 0 Å². The van der Waals surface area contributed by atoms with Crippen molar-refractivity contribution in [2.24, 2.45) is 0 Å². The zero-order valence-electron chi connectivity index (χ0n) is 11.8. The Balaban J connectivity index is 1.63. The van der Waals surface area contributed by atoms with E-state index in [4.69, 9.17) is 4.74 Å². The summed E-state index contributed by atoms with van der Waals surface area (Å²) in [6.07, 6.45) is 3.55. The lowest BCUT2D eigenvalue weighted by Crippen LogP contribution is -2.14. The standard InChI is InChI=1S/C16H16N4O/c1-21-16-8-12(6-7-18-16)9-17-10-13-11-19-14-4-2-3-5-15(14)20-13/h2-8,11,17H,9-10H2,1H3. The summed E-state index contributed by atoms with van der Waals surface area (Å²) in [5, 5.41) is 3.35. The summed E-state index contributed by atoms with van der Waals surface area (Å²) in [5.41, 5.74) is 3.88. The lowest BCUT2D eigenvalue weighted by molar-refractivity contribution is 0.397. The molecule has 106 valence electrons. The van der Waals surface area contributed by atoms with Gasteiger partial charge in [-0.15, -0.1) is 0 Å². The number of nitrogens with one attached hydrogen (secondary N) is 1. The first-order valence-corrected chi connectivity index (χ1v) is 6.75. The number of aromatic nitrogens is 3. The summed E-state index contributed by atoms with van der Waals surface area (Å²) in [6, 6.07) is 11.7. The van der Waals surface area contributed by atoms with E-state index >= 15 is 0 Å². The van der Waals surface area contributed by atoms with E-state index in [1.807, 2.05) is 42.6 Å². The SMILES string of the molecule is COc1cc(CNCc2cnc3ccccc3n2)ccn1. The minimum Gasteiger partial charge on any atom is -0.481 e. The van der Waals surface area contributed by atoms with Gasteiger partial charge in [-0.25, -0.2) is 9.97 Å². The molecule has 0 aliphatic carbocycles. The maximum absolute atomic E-state index is 5.11. The van der Waals surface area contributed by atoms with Crippen molar-refractivity contribution in [2.75, 3.05) is 7.11 Å². The molecule has 0 aliphatic heterocycles. The molecule has 3 rings (SSSR count). The van der Waals surface area contributed by atoms with Crippen LogP contribution in [0.1, 0.15) is 11.3 Å². The van der Waals surface area contributed by atoms with Crippen LogP contribution in [0.3, 0.4) is 0 Å². The molecule has 0 fully saturated rings. The Bertz CT molecular complexity index is 745. The van der Waals surface area contributed by atoms with Crippen molar-refractivity contribution in [2.45, 2.75) is 13.1 Å². The lowest BCUT2D eigenvalue weighted by atomic mass is 10.2. The highest BCUT2D eigenvalue weighted by molar-refractivity contribution is 5.73. The van der Waals surface area contributed by atoms with Crippen LogP contribution in [0.2, 0.25) is 0 Å². The summed E-state index contributed by atoms with van der Waals surface area (Å²) in [6.45, 7) is 1.40. The number of pyridine rings is 1. The average molecular weight is 280 g/mol. The van der Waals surface area contributed by atoms with Crippen molar-refractivity contribution >= 4 is 11.0 Å². The largest absolute Gasteiger partial charge is 0.481 e. The molecule has 0 bridgehead atoms. The number of ether oxygens (including phenoxy) is 1. The van der Waals surface area contributed by atoms with Gasteiger partial charge in [0.15, 0.2) is 0 Å².